The highest BCUT2D eigenvalue weighted by Gasteiger charge is 2.13. The van der Waals surface area contributed by atoms with Crippen LogP contribution in [0.2, 0.25) is 10.0 Å². The number of hydrogen-bond acceptors (Lipinski definition) is 3. The van der Waals surface area contributed by atoms with Gasteiger partial charge in [0.2, 0.25) is 5.88 Å². The molecule has 2 rings (SSSR count). The van der Waals surface area contributed by atoms with Crippen molar-refractivity contribution in [3.8, 4) is 17.3 Å². The minimum Gasteiger partial charge on any atom is -0.493 e. The largest absolute Gasteiger partial charge is 0.493 e. The molecule has 0 bridgehead atoms. The summed E-state index contributed by atoms with van der Waals surface area (Å²) in [5.74, 6) is -0.0318. The fourth-order valence-corrected chi connectivity index (χ4v) is 2.27. The molecular weight excluding hydrogens is 287 g/mol. The van der Waals surface area contributed by atoms with Crippen LogP contribution in [0.3, 0.4) is 0 Å². The van der Waals surface area contributed by atoms with Crippen LogP contribution in [-0.2, 0) is 6.42 Å². The molecule has 1 heterocycles. The van der Waals surface area contributed by atoms with Gasteiger partial charge in [0.1, 0.15) is 5.82 Å². The van der Waals surface area contributed by atoms with Crippen molar-refractivity contribution in [2.24, 2.45) is 0 Å². The summed E-state index contributed by atoms with van der Waals surface area (Å²) in [5.41, 5.74) is 0.452. The summed E-state index contributed by atoms with van der Waals surface area (Å²) in [6, 6.07) is 4.83. The fourth-order valence-electron chi connectivity index (χ4n) is 1.77. The molecule has 0 spiro atoms. The molecule has 2 N–H and O–H groups in total. The molecule has 0 radical (unpaired) electrons. The average molecular weight is 299 g/mol. The molecule has 1 aromatic heterocycles. The Labute approximate surface area is 120 Å². The van der Waals surface area contributed by atoms with Gasteiger partial charge in [0.15, 0.2) is 0 Å². The van der Waals surface area contributed by atoms with Gasteiger partial charge in [-0.15, -0.1) is 0 Å². The van der Waals surface area contributed by atoms with Gasteiger partial charge in [-0.3, -0.25) is 4.79 Å². The maximum Gasteiger partial charge on any atom is 0.258 e. The van der Waals surface area contributed by atoms with Crippen LogP contribution < -0.4 is 5.56 Å². The van der Waals surface area contributed by atoms with E-state index in [-0.39, 0.29) is 22.8 Å². The van der Waals surface area contributed by atoms with Gasteiger partial charge in [-0.2, -0.15) is 4.98 Å². The number of hydrogen-bond donors (Lipinski definition) is 2. The predicted molar refractivity (Wildman–Crippen MR) is 76.0 cm³/mol. The van der Waals surface area contributed by atoms with Gasteiger partial charge in [-0.25, -0.2) is 0 Å². The standard InChI is InChI=1S/C13H12Cl2N2O2/c1-2-3-9-12(18)16-11(17-13(9)19)8-5-4-7(14)6-10(8)15/h4-6H,2-3H2,1H3,(H2,16,17,18,19). The van der Waals surface area contributed by atoms with Gasteiger partial charge in [-0.05, 0) is 24.6 Å². The molecule has 1 aromatic carbocycles. The number of halogens is 2. The quantitative estimate of drug-likeness (QED) is 0.912. The van der Waals surface area contributed by atoms with Crippen molar-refractivity contribution in [3.63, 3.8) is 0 Å². The van der Waals surface area contributed by atoms with Crippen molar-refractivity contribution in [1.29, 1.82) is 0 Å². The SMILES string of the molecule is CCCc1c(O)nc(-c2ccc(Cl)cc2Cl)[nH]c1=O. The second kappa shape index (κ2) is 5.63. The van der Waals surface area contributed by atoms with Gasteiger partial charge in [0.25, 0.3) is 5.56 Å². The van der Waals surface area contributed by atoms with Crippen LogP contribution in [0.5, 0.6) is 5.88 Å². The molecule has 0 atom stereocenters. The Hall–Kier alpha value is -1.52. The highest BCUT2D eigenvalue weighted by Crippen LogP contribution is 2.28. The van der Waals surface area contributed by atoms with Crippen LogP contribution in [0.1, 0.15) is 18.9 Å². The van der Waals surface area contributed by atoms with Crippen LogP contribution in [0, 0.1) is 0 Å². The Morgan fingerprint density at radius 1 is 1.37 bits per heavy atom. The number of nitrogens with one attached hydrogen (secondary N) is 1. The first kappa shape index (κ1) is 13.9. The van der Waals surface area contributed by atoms with Crippen molar-refractivity contribution in [2.45, 2.75) is 19.8 Å². The lowest BCUT2D eigenvalue weighted by molar-refractivity contribution is 0.443. The topological polar surface area (TPSA) is 66.0 Å². The van der Waals surface area contributed by atoms with E-state index in [1.807, 2.05) is 6.92 Å². The van der Waals surface area contributed by atoms with E-state index in [1.54, 1.807) is 18.2 Å². The van der Waals surface area contributed by atoms with Gasteiger partial charge < -0.3 is 10.1 Å². The molecular formula is C13H12Cl2N2O2. The van der Waals surface area contributed by atoms with Crippen molar-refractivity contribution < 1.29 is 5.11 Å². The zero-order valence-corrected chi connectivity index (χ0v) is 11.7. The smallest absolute Gasteiger partial charge is 0.258 e. The summed E-state index contributed by atoms with van der Waals surface area (Å²) in [7, 11) is 0. The fraction of sp³-hybridized carbons (Fsp3) is 0.231. The third-order valence-electron chi connectivity index (χ3n) is 2.68. The van der Waals surface area contributed by atoms with Crippen LogP contribution in [-0.4, -0.2) is 15.1 Å². The molecule has 0 aliphatic rings. The monoisotopic (exact) mass is 298 g/mol. The van der Waals surface area contributed by atoms with E-state index >= 15 is 0 Å². The Morgan fingerprint density at radius 3 is 2.68 bits per heavy atom. The molecule has 6 heteroatoms. The molecule has 19 heavy (non-hydrogen) atoms. The van der Waals surface area contributed by atoms with Crippen molar-refractivity contribution >= 4 is 23.2 Å². The molecule has 0 aliphatic carbocycles. The second-order valence-electron chi connectivity index (χ2n) is 4.09. The van der Waals surface area contributed by atoms with Gasteiger partial charge in [-0.1, -0.05) is 36.5 Å². The number of rotatable bonds is 3. The summed E-state index contributed by atoms with van der Waals surface area (Å²) in [6.07, 6.45) is 1.22. The molecule has 0 amide bonds. The van der Waals surface area contributed by atoms with Crippen molar-refractivity contribution in [2.75, 3.05) is 0 Å². The summed E-state index contributed by atoms with van der Waals surface area (Å²) in [4.78, 5) is 18.5. The Morgan fingerprint density at radius 2 is 2.11 bits per heavy atom. The second-order valence-corrected chi connectivity index (χ2v) is 4.93. The lowest BCUT2D eigenvalue weighted by atomic mass is 10.1. The average Bonchev–Trinajstić information content (AvgIpc) is 2.33. The lowest BCUT2D eigenvalue weighted by Gasteiger charge is -2.07. The van der Waals surface area contributed by atoms with E-state index in [1.165, 1.54) is 0 Å². The summed E-state index contributed by atoms with van der Waals surface area (Å²) < 4.78 is 0. The van der Waals surface area contributed by atoms with Crippen LogP contribution in [0.4, 0.5) is 0 Å². The zero-order chi connectivity index (χ0) is 14.0. The molecule has 0 aliphatic heterocycles. The Bertz CT molecular complexity index is 668. The highest BCUT2D eigenvalue weighted by atomic mass is 35.5. The highest BCUT2D eigenvalue weighted by molar-refractivity contribution is 6.36. The summed E-state index contributed by atoms with van der Waals surface area (Å²) >= 11 is 11.8. The van der Waals surface area contributed by atoms with Gasteiger partial charge in [0, 0.05) is 10.6 Å². The first-order valence-electron chi connectivity index (χ1n) is 5.80. The molecule has 4 nitrogen and oxygen atoms in total. The lowest BCUT2D eigenvalue weighted by Crippen LogP contribution is -2.15. The Kier molecular flexibility index (Phi) is 4.12. The molecule has 0 saturated carbocycles. The molecule has 100 valence electrons. The first-order chi connectivity index (χ1) is 9.02. The maximum atomic E-state index is 11.9. The summed E-state index contributed by atoms with van der Waals surface area (Å²) in [5, 5.41) is 10.7. The maximum absolute atomic E-state index is 11.9. The van der Waals surface area contributed by atoms with Crippen molar-refractivity contribution in [1.82, 2.24) is 9.97 Å². The first-order valence-corrected chi connectivity index (χ1v) is 6.56. The minimum absolute atomic E-state index is 0.226. The number of aromatic nitrogens is 2. The Balaban J connectivity index is 2.55. The molecule has 2 aromatic rings. The van der Waals surface area contributed by atoms with E-state index in [9.17, 15) is 9.90 Å². The van der Waals surface area contributed by atoms with Gasteiger partial charge >= 0.3 is 0 Å². The van der Waals surface area contributed by atoms with E-state index in [4.69, 9.17) is 23.2 Å². The minimum atomic E-state index is -0.352. The van der Waals surface area contributed by atoms with Crippen LogP contribution in [0.15, 0.2) is 23.0 Å². The number of aromatic hydroxyl groups is 1. The third-order valence-corrected chi connectivity index (χ3v) is 3.23. The summed E-state index contributed by atoms with van der Waals surface area (Å²) in [6.45, 7) is 1.92. The normalized spacial score (nSPS) is 10.7. The number of benzene rings is 1. The van der Waals surface area contributed by atoms with E-state index in [0.29, 0.717) is 22.0 Å². The van der Waals surface area contributed by atoms with Crippen LogP contribution in [0.25, 0.3) is 11.4 Å². The van der Waals surface area contributed by atoms with Crippen LogP contribution >= 0.6 is 23.2 Å². The zero-order valence-electron chi connectivity index (χ0n) is 10.2. The molecule has 0 unspecified atom stereocenters. The predicted octanol–water partition coefficient (Wildman–Crippen LogP) is 3.40. The third kappa shape index (κ3) is 2.91. The van der Waals surface area contributed by atoms with E-state index in [0.717, 1.165) is 6.42 Å². The van der Waals surface area contributed by atoms with E-state index < -0.39 is 0 Å². The van der Waals surface area contributed by atoms with Gasteiger partial charge in [0.05, 0.1) is 10.6 Å². The molecule has 0 fully saturated rings. The van der Waals surface area contributed by atoms with Crippen molar-refractivity contribution in [3.05, 3.63) is 44.2 Å². The number of aromatic amines is 1. The number of nitrogens with zero attached hydrogens (tertiary/aromatic N) is 1. The molecule has 0 saturated heterocycles. The van der Waals surface area contributed by atoms with E-state index in [2.05, 4.69) is 9.97 Å². The number of H-pyrrole nitrogens is 1.